The van der Waals surface area contributed by atoms with Gasteiger partial charge < -0.3 is 25.4 Å². The van der Waals surface area contributed by atoms with E-state index in [0.717, 1.165) is 12.1 Å². The van der Waals surface area contributed by atoms with Crippen molar-refractivity contribution in [3.63, 3.8) is 0 Å². The molecule has 3 N–H and O–H groups in total. The van der Waals surface area contributed by atoms with E-state index >= 15 is 0 Å². The van der Waals surface area contributed by atoms with Crippen molar-refractivity contribution in [3.05, 3.63) is 35.4 Å². The average Bonchev–Trinajstić information content (AvgIpc) is 3.38. The first-order valence-electron chi connectivity index (χ1n) is 11.4. The minimum atomic E-state index is -4.58. The first kappa shape index (κ1) is 26.7. The molecule has 1 aromatic carbocycles. The number of nitrogens with one attached hydrogen (secondary N) is 2. The van der Waals surface area contributed by atoms with Crippen LogP contribution in [0.25, 0.3) is 0 Å². The number of benzene rings is 1. The lowest BCUT2D eigenvalue weighted by Crippen LogP contribution is -2.47. The number of amides is 3. The zero-order valence-corrected chi connectivity index (χ0v) is 19.9. The van der Waals surface area contributed by atoms with Crippen molar-refractivity contribution in [3.8, 4) is 0 Å². The van der Waals surface area contributed by atoms with Crippen LogP contribution in [0.2, 0.25) is 0 Å². The molecule has 2 saturated heterocycles. The van der Waals surface area contributed by atoms with Crippen molar-refractivity contribution >= 4 is 17.9 Å². The Hall–Kier alpha value is -2.86. The van der Waals surface area contributed by atoms with E-state index in [4.69, 9.17) is 4.74 Å². The number of nitrogens with zero attached hydrogens (tertiary/aromatic N) is 2. The number of alkyl halides is 3. The topological polar surface area (TPSA) is 111 Å². The van der Waals surface area contributed by atoms with Crippen molar-refractivity contribution in [1.29, 1.82) is 0 Å². The summed E-state index contributed by atoms with van der Waals surface area (Å²) in [6, 6.07) is 3.35. The van der Waals surface area contributed by atoms with E-state index in [1.54, 1.807) is 25.7 Å². The number of likely N-dealkylation sites (tertiary alicyclic amines) is 2. The molecule has 2 unspecified atom stereocenters. The van der Waals surface area contributed by atoms with Crippen LogP contribution in [0, 0.1) is 0 Å². The minimum absolute atomic E-state index is 0.0136. The molecule has 1 aromatic rings. The summed E-state index contributed by atoms with van der Waals surface area (Å²) in [5.74, 6) is -1.38. The van der Waals surface area contributed by atoms with Gasteiger partial charge in [0.1, 0.15) is 5.60 Å². The third-order valence-electron chi connectivity index (χ3n) is 5.86. The monoisotopic (exact) mass is 500 g/mol. The van der Waals surface area contributed by atoms with E-state index in [0.29, 0.717) is 38.7 Å². The van der Waals surface area contributed by atoms with Crippen LogP contribution in [0.1, 0.15) is 43.1 Å². The lowest BCUT2D eigenvalue weighted by Gasteiger charge is -2.26. The molecule has 9 nitrogen and oxygen atoms in total. The van der Waals surface area contributed by atoms with Crippen LogP contribution in [0.3, 0.4) is 0 Å². The molecule has 2 aliphatic rings. The predicted molar refractivity (Wildman–Crippen MR) is 119 cm³/mol. The zero-order valence-electron chi connectivity index (χ0n) is 19.9. The molecular weight excluding hydrogens is 469 g/mol. The van der Waals surface area contributed by atoms with Crippen molar-refractivity contribution in [2.45, 2.75) is 57.2 Å². The number of hydrogen-bond acceptors (Lipinski definition) is 6. The van der Waals surface area contributed by atoms with Crippen molar-refractivity contribution < 1.29 is 37.4 Å². The highest BCUT2D eigenvalue weighted by atomic mass is 19.4. The molecule has 3 rings (SSSR count). The number of aliphatic hydroxyl groups is 1. The molecule has 3 atom stereocenters. The van der Waals surface area contributed by atoms with Gasteiger partial charge in [0.15, 0.2) is 0 Å². The van der Waals surface area contributed by atoms with Gasteiger partial charge in [-0.2, -0.15) is 13.2 Å². The number of hydrogen-bond donors (Lipinski definition) is 3. The lowest BCUT2D eigenvalue weighted by molar-refractivity contribution is -0.137. The third-order valence-corrected chi connectivity index (χ3v) is 5.86. The van der Waals surface area contributed by atoms with Crippen LogP contribution in [-0.2, 0) is 15.7 Å². The van der Waals surface area contributed by atoms with Gasteiger partial charge in [-0.25, -0.2) is 4.79 Å². The smallest absolute Gasteiger partial charge is 0.416 e. The van der Waals surface area contributed by atoms with E-state index in [-0.39, 0.29) is 17.7 Å². The molecule has 0 aromatic heterocycles. The number of aliphatic hydroxyl groups excluding tert-OH is 1. The quantitative estimate of drug-likeness (QED) is 0.567. The summed E-state index contributed by atoms with van der Waals surface area (Å²) in [6.45, 7) is 6.60. The average molecular weight is 501 g/mol. The Bertz CT molecular complexity index is 950. The molecule has 0 bridgehead atoms. The molecule has 0 spiro atoms. The highest BCUT2D eigenvalue weighted by Crippen LogP contribution is 2.29. The molecule has 0 saturated carbocycles. The van der Waals surface area contributed by atoms with E-state index < -0.39 is 47.8 Å². The summed E-state index contributed by atoms with van der Waals surface area (Å²) in [4.78, 5) is 40.4. The van der Waals surface area contributed by atoms with Gasteiger partial charge in [-0.15, -0.1) is 0 Å². The molecular formula is C23H31F3N4O5. The van der Waals surface area contributed by atoms with Crippen LogP contribution in [0.15, 0.2) is 24.3 Å². The van der Waals surface area contributed by atoms with Crippen LogP contribution >= 0.6 is 0 Å². The maximum absolute atomic E-state index is 12.8. The van der Waals surface area contributed by atoms with Crippen molar-refractivity contribution in [2.75, 3.05) is 32.7 Å². The highest BCUT2D eigenvalue weighted by Gasteiger charge is 2.40. The summed E-state index contributed by atoms with van der Waals surface area (Å²) in [7, 11) is 0. The standard InChI is InChI=1S/C23H31F3N4O5/c1-22(2,3)35-21(34)29-8-7-16(11-29)30-12-17(18(31)13-30)28-19(32)10-27-20(33)14-5-4-6-15(9-14)23(24,25)26/h4-6,9,16-18,31H,7-8,10-13H2,1-3H3,(H,27,33)(H,28,32)/t16?,17?,18-/m0/s1. The molecule has 3 amide bonds. The fraction of sp³-hybridized carbons (Fsp3) is 0.609. The van der Waals surface area contributed by atoms with Crippen LogP contribution in [-0.4, -0.2) is 89.3 Å². The maximum Gasteiger partial charge on any atom is 0.416 e. The van der Waals surface area contributed by atoms with E-state index in [1.165, 1.54) is 6.07 Å². The van der Waals surface area contributed by atoms with E-state index in [2.05, 4.69) is 10.6 Å². The lowest BCUT2D eigenvalue weighted by atomic mass is 10.1. The van der Waals surface area contributed by atoms with Gasteiger partial charge >= 0.3 is 12.3 Å². The first-order chi connectivity index (χ1) is 16.2. The number of carbonyl (C=O) groups is 3. The second kappa shape index (κ2) is 10.4. The second-order valence-electron chi connectivity index (χ2n) is 9.83. The Kier molecular flexibility index (Phi) is 7.95. The Morgan fingerprint density at radius 1 is 1.14 bits per heavy atom. The molecule has 2 aliphatic heterocycles. The SMILES string of the molecule is CC(C)(C)OC(=O)N1CCC(N2CC(NC(=O)CNC(=O)c3cccc(C(F)(F)F)c3)[C@@H](O)C2)C1. The Morgan fingerprint density at radius 3 is 2.51 bits per heavy atom. The molecule has 0 radical (unpaired) electrons. The maximum atomic E-state index is 12.8. The fourth-order valence-corrected chi connectivity index (χ4v) is 4.15. The van der Waals surface area contributed by atoms with Crippen LogP contribution in [0.4, 0.5) is 18.0 Å². The Morgan fingerprint density at radius 2 is 1.86 bits per heavy atom. The van der Waals surface area contributed by atoms with Gasteiger partial charge in [-0.3, -0.25) is 14.5 Å². The highest BCUT2D eigenvalue weighted by molar-refractivity contribution is 5.96. The summed E-state index contributed by atoms with van der Waals surface area (Å²) >= 11 is 0. The van der Waals surface area contributed by atoms with Gasteiger partial charge in [0.05, 0.1) is 24.3 Å². The Labute approximate surface area is 201 Å². The third kappa shape index (κ3) is 7.31. The zero-order chi connectivity index (χ0) is 26.0. The van der Waals surface area contributed by atoms with E-state index in [1.807, 2.05) is 4.90 Å². The van der Waals surface area contributed by atoms with Gasteiger partial charge in [0.25, 0.3) is 5.91 Å². The van der Waals surface area contributed by atoms with Crippen LogP contribution < -0.4 is 10.6 Å². The number of carbonyl (C=O) groups excluding carboxylic acids is 3. The molecule has 12 heteroatoms. The summed E-state index contributed by atoms with van der Waals surface area (Å²) in [5.41, 5.74) is -1.76. The molecule has 35 heavy (non-hydrogen) atoms. The number of rotatable bonds is 5. The minimum Gasteiger partial charge on any atom is -0.444 e. The second-order valence-corrected chi connectivity index (χ2v) is 9.83. The van der Waals surface area contributed by atoms with E-state index in [9.17, 15) is 32.7 Å². The van der Waals surface area contributed by atoms with Crippen molar-refractivity contribution in [2.24, 2.45) is 0 Å². The van der Waals surface area contributed by atoms with Crippen LogP contribution in [0.5, 0.6) is 0 Å². The normalized spacial score (nSPS) is 23.3. The van der Waals surface area contributed by atoms with Gasteiger partial charge in [-0.05, 0) is 45.4 Å². The molecule has 2 heterocycles. The van der Waals surface area contributed by atoms with Gasteiger partial charge in [0.2, 0.25) is 5.91 Å². The molecule has 2 fully saturated rings. The van der Waals surface area contributed by atoms with Gasteiger partial charge in [-0.1, -0.05) is 6.07 Å². The fourth-order valence-electron chi connectivity index (χ4n) is 4.15. The summed E-state index contributed by atoms with van der Waals surface area (Å²) in [5, 5.41) is 15.4. The predicted octanol–water partition coefficient (Wildman–Crippen LogP) is 1.61. The Balaban J connectivity index is 1.46. The molecule has 0 aliphatic carbocycles. The summed E-state index contributed by atoms with van der Waals surface area (Å²) < 4.78 is 43.9. The number of halogens is 3. The van der Waals surface area contributed by atoms with Crippen molar-refractivity contribution in [1.82, 2.24) is 20.4 Å². The molecule has 194 valence electrons. The largest absolute Gasteiger partial charge is 0.444 e. The number of ether oxygens (including phenoxy) is 1. The summed E-state index contributed by atoms with van der Waals surface area (Å²) in [6.07, 6.45) is -5.10. The number of β-amino-alcohol motifs (C(OH)–C–C–N with tert-alkyl or cyclic N) is 1. The van der Waals surface area contributed by atoms with Gasteiger partial charge in [0, 0.05) is 37.8 Å². The first-order valence-corrected chi connectivity index (χ1v) is 11.4.